The smallest absolute Gasteiger partial charge is 0.410 e. The fourth-order valence-electron chi connectivity index (χ4n) is 3.14. The van der Waals surface area contributed by atoms with Gasteiger partial charge in [0.2, 0.25) is 0 Å². The highest BCUT2D eigenvalue weighted by Crippen LogP contribution is 2.16. The lowest BCUT2D eigenvalue weighted by Gasteiger charge is -2.39. The summed E-state index contributed by atoms with van der Waals surface area (Å²) >= 11 is 5.44. The van der Waals surface area contributed by atoms with Gasteiger partial charge in [-0.3, -0.25) is 4.79 Å². The number of carbonyl (C=O) groups is 3. The topological polar surface area (TPSA) is 91.4 Å². The summed E-state index contributed by atoms with van der Waals surface area (Å²) in [6.45, 7) is 18.7. The number of amides is 3. The third-order valence-electron chi connectivity index (χ3n) is 4.53. The highest BCUT2D eigenvalue weighted by molar-refractivity contribution is 6.62. The zero-order valence-electron chi connectivity index (χ0n) is 20.2. The molecule has 0 aliphatic carbocycles. The number of halogens is 1. The number of ether oxygens (including phenoxy) is 2. The lowest BCUT2D eigenvalue weighted by atomic mass is 10.2. The summed E-state index contributed by atoms with van der Waals surface area (Å²) in [5, 5.41) is 2.81. The number of nitrogens with one attached hydrogen (secondary N) is 1. The van der Waals surface area contributed by atoms with E-state index in [0.717, 1.165) is 19.6 Å². The van der Waals surface area contributed by atoms with Gasteiger partial charge >= 0.3 is 17.6 Å². The maximum absolute atomic E-state index is 11.8. The third kappa shape index (κ3) is 10.4. The molecule has 0 saturated carbocycles. The highest BCUT2D eigenvalue weighted by Gasteiger charge is 2.31. The van der Waals surface area contributed by atoms with Crippen LogP contribution in [0.4, 0.5) is 14.4 Å². The van der Waals surface area contributed by atoms with Crippen LogP contribution in [0.5, 0.6) is 0 Å². The first-order chi connectivity index (χ1) is 14.1. The van der Waals surface area contributed by atoms with Gasteiger partial charge in [-0.15, -0.1) is 0 Å². The van der Waals surface area contributed by atoms with Crippen molar-refractivity contribution >= 4 is 29.2 Å². The van der Waals surface area contributed by atoms with Crippen molar-refractivity contribution in [1.29, 1.82) is 0 Å². The van der Waals surface area contributed by atoms with Crippen molar-refractivity contribution in [3.63, 3.8) is 0 Å². The summed E-state index contributed by atoms with van der Waals surface area (Å²) in [6.07, 6.45) is -0.545. The normalized spacial score (nSPS) is 22.3. The zero-order valence-corrected chi connectivity index (χ0v) is 20.9. The lowest BCUT2D eigenvalue weighted by Crippen LogP contribution is -2.55. The molecule has 2 aliphatic heterocycles. The maximum Gasteiger partial charge on any atom is 0.410 e. The van der Waals surface area contributed by atoms with Crippen LogP contribution in [0.1, 0.15) is 55.4 Å². The zero-order chi connectivity index (χ0) is 24.0. The van der Waals surface area contributed by atoms with E-state index in [2.05, 4.69) is 12.2 Å². The number of rotatable bonds is 0. The van der Waals surface area contributed by atoms with Gasteiger partial charge in [-0.05, 0) is 67.0 Å². The molecular formula is C21H39ClN4O5. The molecule has 2 atom stereocenters. The van der Waals surface area contributed by atoms with Crippen molar-refractivity contribution in [3.05, 3.63) is 0 Å². The summed E-state index contributed by atoms with van der Waals surface area (Å²) in [5.41, 5.74) is -0.898. The van der Waals surface area contributed by atoms with Crippen LogP contribution in [0.3, 0.4) is 0 Å². The van der Waals surface area contributed by atoms with Crippen molar-refractivity contribution in [2.75, 3.05) is 39.3 Å². The first kappa shape index (κ1) is 27.3. The van der Waals surface area contributed by atoms with Crippen LogP contribution in [0, 0.1) is 0 Å². The summed E-state index contributed by atoms with van der Waals surface area (Å²) < 4.78 is 10.6. The van der Waals surface area contributed by atoms with Crippen LogP contribution in [-0.2, 0) is 9.47 Å². The van der Waals surface area contributed by atoms with Gasteiger partial charge in [0.25, 0.3) is 0 Å². The summed E-state index contributed by atoms with van der Waals surface area (Å²) in [7, 11) is 0. The van der Waals surface area contributed by atoms with Crippen molar-refractivity contribution < 1.29 is 23.9 Å². The van der Waals surface area contributed by atoms with Crippen molar-refractivity contribution in [2.24, 2.45) is 0 Å². The minimum Gasteiger partial charge on any atom is -0.444 e. The second kappa shape index (κ2) is 11.2. The molecule has 0 spiro atoms. The number of nitrogens with zero attached hydrogens (tertiary/aromatic N) is 3. The summed E-state index contributed by atoms with van der Waals surface area (Å²) in [5.74, 6) is 0. The SMILES string of the molecule is C[C@@H]1CN(C(=O)OC(C)(C)C)CCN1.C[C@@H]1CN(C(=O)OC(C)(C)C)CCN1C(=O)Cl. The van der Waals surface area contributed by atoms with E-state index in [0.29, 0.717) is 25.7 Å². The van der Waals surface area contributed by atoms with Crippen LogP contribution in [-0.4, -0.2) is 94.8 Å². The molecule has 2 saturated heterocycles. The maximum atomic E-state index is 11.8. The second-order valence-corrected chi connectivity index (χ2v) is 10.3. The van der Waals surface area contributed by atoms with Crippen LogP contribution in [0.25, 0.3) is 0 Å². The molecule has 0 aromatic carbocycles. The molecule has 3 amide bonds. The summed E-state index contributed by atoms with van der Waals surface area (Å²) in [4.78, 5) is 39.4. The van der Waals surface area contributed by atoms with Crippen molar-refractivity contribution in [2.45, 2.75) is 78.7 Å². The van der Waals surface area contributed by atoms with E-state index in [1.54, 1.807) is 14.7 Å². The Bertz CT molecular complexity index is 632. The van der Waals surface area contributed by atoms with Crippen LogP contribution >= 0.6 is 11.6 Å². The Labute approximate surface area is 191 Å². The molecule has 1 N–H and O–H groups in total. The fraction of sp³-hybridized carbons (Fsp3) is 0.857. The minimum absolute atomic E-state index is 0.0822. The van der Waals surface area contributed by atoms with Crippen LogP contribution < -0.4 is 5.32 Å². The Balaban J connectivity index is 0.000000316. The van der Waals surface area contributed by atoms with Crippen LogP contribution in [0.2, 0.25) is 0 Å². The summed E-state index contributed by atoms with van der Waals surface area (Å²) in [6, 6.07) is 0.275. The van der Waals surface area contributed by atoms with Crippen molar-refractivity contribution in [3.8, 4) is 0 Å². The monoisotopic (exact) mass is 462 g/mol. The molecular weight excluding hydrogens is 424 g/mol. The molecule has 0 bridgehead atoms. The average molecular weight is 463 g/mol. The standard InChI is InChI=1S/C11H19ClN2O3.C10H20N2O2/c1-8-7-13(5-6-14(8)9(12)15)10(16)17-11(2,3)4;1-8-7-12(6-5-11-8)9(13)14-10(2,3)4/h8H,5-7H2,1-4H3;8,11H,5-7H2,1-4H3/t2*8-/m11/s1. The molecule has 31 heavy (non-hydrogen) atoms. The molecule has 0 aromatic heterocycles. The number of piperazine rings is 2. The molecule has 0 unspecified atom stereocenters. The lowest BCUT2D eigenvalue weighted by molar-refractivity contribution is 0.0116. The van der Waals surface area contributed by atoms with Crippen LogP contribution in [0.15, 0.2) is 0 Å². The van der Waals surface area contributed by atoms with E-state index >= 15 is 0 Å². The van der Waals surface area contributed by atoms with Gasteiger partial charge in [0.15, 0.2) is 0 Å². The highest BCUT2D eigenvalue weighted by atomic mass is 35.5. The quantitative estimate of drug-likeness (QED) is 0.437. The molecule has 2 heterocycles. The van der Waals surface area contributed by atoms with Gasteiger partial charge in [-0.1, -0.05) is 0 Å². The molecule has 10 heteroatoms. The van der Waals surface area contributed by atoms with Gasteiger partial charge in [-0.25, -0.2) is 9.59 Å². The number of hydrogen-bond acceptors (Lipinski definition) is 6. The van der Waals surface area contributed by atoms with Gasteiger partial charge in [-0.2, -0.15) is 0 Å². The van der Waals surface area contributed by atoms with Gasteiger partial charge in [0.1, 0.15) is 11.2 Å². The molecule has 0 radical (unpaired) electrons. The van der Waals surface area contributed by atoms with E-state index in [4.69, 9.17) is 21.1 Å². The van der Waals surface area contributed by atoms with E-state index in [1.807, 2.05) is 48.5 Å². The van der Waals surface area contributed by atoms with Gasteiger partial charge in [0, 0.05) is 51.4 Å². The molecule has 2 aliphatic rings. The third-order valence-corrected chi connectivity index (χ3v) is 4.74. The number of hydrogen-bond donors (Lipinski definition) is 1. The number of carbonyl (C=O) groups excluding carboxylic acids is 3. The molecule has 0 aromatic rings. The Kier molecular flexibility index (Phi) is 9.88. The molecule has 2 rings (SSSR count). The van der Waals surface area contributed by atoms with Gasteiger partial charge in [0.05, 0.1) is 0 Å². The predicted molar refractivity (Wildman–Crippen MR) is 120 cm³/mol. The van der Waals surface area contributed by atoms with E-state index in [-0.39, 0.29) is 18.2 Å². The van der Waals surface area contributed by atoms with E-state index in [9.17, 15) is 14.4 Å². The van der Waals surface area contributed by atoms with Gasteiger partial charge < -0.3 is 29.5 Å². The predicted octanol–water partition coefficient (Wildman–Crippen LogP) is 3.50. The van der Waals surface area contributed by atoms with E-state index in [1.165, 1.54) is 0 Å². The van der Waals surface area contributed by atoms with Crippen molar-refractivity contribution in [1.82, 2.24) is 20.0 Å². The van der Waals surface area contributed by atoms with E-state index < -0.39 is 16.6 Å². The molecule has 9 nitrogen and oxygen atoms in total. The minimum atomic E-state index is -0.500. The molecule has 2 fully saturated rings. The Morgan fingerprint density at radius 2 is 1.32 bits per heavy atom. The average Bonchev–Trinajstić information content (AvgIpc) is 2.59. The fourth-order valence-corrected chi connectivity index (χ4v) is 3.39. The first-order valence-corrected chi connectivity index (χ1v) is 11.1. The Hall–Kier alpha value is -1.74. The Morgan fingerprint density at radius 3 is 1.71 bits per heavy atom. The Morgan fingerprint density at radius 1 is 0.839 bits per heavy atom. The second-order valence-electron chi connectivity index (χ2n) is 10.0. The molecule has 180 valence electrons. The largest absolute Gasteiger partial charge is 0.444 e. The first-order valence-electron chi connectivity index (χ1n) is 10.7.